The Morgan fingerprint density at radius 1 is 1.12 bits per heavy atom. The third-order valence-corrected chi connectivity index (χ3v) is 3.86. The maximum absolute atomic E-state index is 12.0. The van der Waals surface area contributed by atoms with E-state index in [-0.39, 0.29) is 5.91 Å². The first kappa shape index (κ1) is 11.6. The molecule has 0 N–H and O–H groups in total. The van der Waals surface area contributed by atoms with Crippen LogP contribution in [-0.2, 0) is 9.59 Å². The van der Waals surface area contributed by atoms with Crippen LogP contribution in [0.1, 0.15) is 51.4 Å². The van der Waals surface area contributed by atoms with Gasteiger partial charge in [0.25, 0.3) is 0 Å². The van der Waals surface area contributed by atoms with Gasteiger partial charge in [-0.1, -0.05) is 19.3 Å². The van der Waals surface area contributed by atoms with Crippen LogP contribution in [0.15, 0.2) is 0 Å². The summed E-state index contributed by atoms with van der Waals surface area (Å²) in [4.78, 5) is 25.0. The first-order valence-corrected chi connectivity index (χ1v) is 6.55. The van der Waals surface area contributed by atoms with E-state index >= 15 is 0 Å². The average molecular weight is 223 g/mol. The van der Waals surface area contributed by atoms with Gasteiger partial charge in [0, 0.05) is 32.4 Å². The molecule has 1 saturated carbocycles. The molecule has 1 heterocycles. The number of hydrogen-bond acceptors (Lipinski definition) is 2. The number of hydrogen-bond donors (Lipinski definition) is 0. The summed E-state index contributed by atoms with van der Waals surface area (Å²) in [5.41, 5.74) is 0. The molecule has 3 heteroatoms. The van der Waals surface area contributed by atoms with Gasteiger partial charge < -0.3 is 4.90 Å². The minimum atomic E-state index is 0.277. The highest BCUT2D eigenvalue weighted by atomic mass is 16.2. The standard InChI is InChI=1S/C13H21NO2/c15-12-6-8-14(9-7-12)13(16)10-11-4-2-1-3-5-11/h11H,1-10H2. The Hall–Kier alpha value is -0.860. The molecule has 0 radical (unpaired) electrons. The van der Waals surface area contributed by atoms with E-state index in [0.29, 0.717) is 44.1 Å². The van der Waals surface area contributed by atoms with E-state index < -0.39 is 0 Å². The number of carbonyl (C=O) groups excluding carboxylic acids is 2. The van der Waals surface area contributed by atoms with E-state index in [2.05, 4.69) is 0 Å². The molecule has 0 aromatic carbocycles. The summed E-state index contributed by atoms with van der Waals surface area (Å²) in [7, 11) is 0. The summed E-state index contributed by atoms with van der Waals surface area (Å²) in [6.45, 7) is 1.31. The number of rotatable bonds is 2. The van der Waals surface area contributed by atoms with Crippen LogP contribution in [0.2, 0.25) is 0 Å². The van der Waals surface area contributed by atoms with E-state index in [1.807, 2.05) is 4.90 Å². The number of Topliss-reactive ketones (excluding diaryl/α,β-unsaturated/α-hetero) is 1. The number of amides is 1. The molecule has 0 unspecified atom stereocenters. The Balaban J connectivity index is 1.76. The fourth-order valence-electron chi connectivity index (χ4n) is 2.77. The highest BCUT2D eigenvalue weighted by molar-refractivity contribution is 5.83. The SMILES string of the molecule is O=C1CCN(C(=O)CC2CCCCC2)CC1. The summed E-state index contributed by atoms with van der Waals surface area (Å²) in [5, 5.41) is 0. The Morgan fingerprint density at radius 3 is 2.38 bits per heavy atom. The zero-order valence-corrected chi connectivity index (χ0v) is 9.91. The monoisotopic (exact) mass is 223 g/mol. The van der Waals surface area contributed by atoms with E-state index in [1.165, 1.54) is 32.1 Å². The first-order chi connectivity index (χ1) is 7.75. The quantitative estimate of drug-likeness (QED) is 0.719. The van der Waals surface area contributed by atoms with Crippen molar-refractivity contribution in [3.63, 3.8) is 0 Å². The van der Waals surface area contributed by atoms with Gasteiger partial charge in [0.1, 0.15) is 5.78 Å². The summed E-state index contributed by atoms with van der Waals surface area (Å²) in [6.07, 6.45) is 8.20. The lowest BCUT2D eigenvalue weighted by Gasteiger charge is -2.29. The minimum Gasteiger partial charge on any atom is -0.342 e. The highest BCUT2D eigenvalue weighted by Gasteiger charge is 2.24. The van der Waals surface area contributed by atoms with Crippen molar-refractivity contribution in [1.82, 2.24) is 4.90 Å². The second-order valence-corrected chi connectivity index (χ2v) is 5.13. The van der Waals surface area contributed by atoms with Crippen LogP contribution in [0.25, 0.3) is 0 Å². The van der Waals surface area contributed by atoms with Crippen molar-refractivity contribution in [3.8, 4) is 0 Å². The minimum absolute atomic E-state index is 0.277. The molecule has 0 atom stereocenters. The van der Waals surface area contributed by atoms with Crippen LogP contribution in [0.5, 0.6) is 0 Å². The van der Waals surface area contributed by atoms with E-state index in [0.717, 1.165) is 0 Å². The van der Waals surface area contributed by atoms with Gasteiger partial charge in [0.05, 0.1) is 0 Å². The number of carbonyl (C=O) groups is 2. The van der Waals surface area contributed by atoms with Crippen LogP contribution in [0.4, 0.5) is 0 Å². The van der Waals surface area contributed by atoms with Crippen LogP contribution >= 0.6 is 0 Å². The molecular formula is C13H21NO2. The molecule has 16 heavy (non-hydrogen) atoms. The molecule has 0 aromatic heterocycles. The van der Waals surface area contributed by atoms with Gasteiger partial charge in [-0.25, -0.2) is 0 Å². The fourth-order valence-corrected chi connectivity index (χ4v) is 2.77. The van der Waals surface area contributed by atoms with Crippen LogP contribution in [-0.4, -0.2) is 29.7 Å². The maximum Gasteiger partial charge on any atom is 0.222 e. The van der Waals surface area contributed by atoms with E-state index in [9.17, 15) is 9.59 Å². The van der Waals surface area contributed by atoms with Gasteiger partial charge in [-0.15, -0.1) is 0 Å². The predicted octanol–water partition coefficient (Wildman–Crippen LogP) is 2.15. The summed E-state index contributed by atoms with van der Waals surface area (Å²) < 4.78 is 0. The topological polar surface area (TPSA) is 37.4 Å². The molecular weight excluding hydrogens is 202 g/mol. The van der Waals surface area contributed by atoms with E-state index in [4.69, 9.17) is 0 Å². The van der Waals surface area contributed by atoms with Crippen LogP contribution in [0, 0.1) is 5.92 Å². The van der Waals surface area contributed by atoms with Crippen molar-refractivity contribution in [3.05, 3.63) is 0 Å². The number of ketones is 1. The Labute approximate surface area is 97.2 Å². The zero-order valence-electron chi connectivity index (χ0n) is 9.91. The van der Waals surface area contributed by atoms with Gasteiger partial charge in [0.15, 0.2) is 0 Å². The first-order valence-electron chi connectivity index (χ1n) is 6.55. The van der Waals surface area contributed by atoms with Crippen molar-refractivity contribution < 1.29 is 9.59 Å². The lowest BCUT2D eigenvalue weighted by molar-refractivity contribution is -0.135. The predicted molar refractivity (Wildman–Crippen MR) is 62.0 cm³/mol. The van der Waals surface area contributed by atoms with Gasteiger partial charge in [-0.3, -0.25) is 9.59 Å². The van der Waals surface area contributed by atoms with Gasteiger partial charge in [-0.05, 0) is 18.8 Å². The molecule has 2 aliphatic rings. The van der Waals surface area contributed by atoms with E-state index in [1.54, 1.807) is 0 Å². The van der Waals surface area contributed by atoms with Crippen molar-refractivity contribution in [2.24, 2.45) is 5.92 Å². The van der Waals surface area contributed by atoms with Crippen molar-refractivity contribution in [2.45, 2.75) is 51.4 Å². The molecule has 90 valence electrons. The number of nitrogens with zero attached hydrogens (tertiary/aromatic N) is 1. The van der Waals surface area contributed by atoms with Crippen molar-refractivity contribution in [1.29, 1.82) is 0 Å². The Bertz CT molecular complexity index is 259. The zero-order chi connectivity index (χ0) is 11.4. The molecule has 3 nitrogen and oxygen atoms in total. The molecule has 0 aromatic rings. The third-order valence-electron chi connectivity index (χ3n) is 3.86. The third kappa shape index (κ3) is 3.06. The van der Waals surface area contributed by atoms with Gasteiger partial charge in [0.2, 0.25) is 5.91 Å². The molecule has 1 aliphatic carbocycles. The van der Waals surface area contributed by atoms with Crippen LogP contribution in [0.3, 0.4) is 0 Å². The smallest absolute Gasteiger partial charge is 0.222 e. The second kappa shape index (κ2) is 5.46. The van der Waals surface area contributed by atoms with Crippen molar-refractivity contribution in [2.75, 3.05) is 13.1 Å². The van der Waals surface area contributed by atoms with Crippen molar-refractivity contribution >= 4 is 11.7 Å². The molecule has 2 fully saturated rings. The fraction of sp³-hybridized carbons (Fsp3) is 0.846. The molecule has 2 rings (SSSR count). The molecule has 1 aliphatic heterocycles. The molecule has 1 saturated heterocycles. The lowest BCUT2D eigenvalue weighted by atomic mass is 9.86. The normalized spacial score (nSPS) is 23.5. The van der Waals surface area contributed by atoms with Gasteiger partial charge >= 0.3 is 0 Å². The summed E-state index contributed by atoms with van der Waals surface area (Å²) >= 11 is 0. The average Bonchev–Trinajstić information content (AvgIpc) is 2.31. The summed E-state index contributed by atoms with van der Waals surface area (Å²) in [5.74, 6) is 1.19. The Morgan fingerprint density at radius 2 is 1.75 bits per heavy atom. The maximum atomic E-state index is 12.0. The second-order valence-electron chi connectivity index (χ2n) is 5.13. The highest BCUT2D eigenvalue weighted by Crippen LogP contribution is 2.27. The lowest BCUT2D eigenvalue weighted by Crippen LogP contribution is -2.39. The number of piperidine rings is 1. The molecule has 0 spiro atoms. The molecule has 0 bridgehead atoms. The molecule has 1 amide bonds. The largest absolute Gasteiger partial charge is 0.342 e. The Kier molecular flexibility index (Phi) is 3.97. The number of likely N-dealkylation sites (tertiary alicyclic amines) is 1. The van der Waals surface area contributed by atoms with Crippen LogP contribution < -0.4 is 0 Å². The summed E-state index contributed by atoms with van der Waals surface area (Å²) in [6, 6.07) is 0. The van der Waals surface area contributed by atoms with Gasteiger partial charge in [-0.2, -0.15) is 0 Å².